The third-order valence-corrected chi connectivity index (χ3v) is 6.24. The minimum atomic E-state index is -0.323. The second-order valence-electron chi connectivity index (χ2n) is 8.85. The van der Waals surface area contributed by atoms with Gasteiger partial charge in [0.1, 0.15) is 5.82 Å². The van der Waals surface area contributed by atoms with Gasteiger partial charge in [0.2, 0.25) is 11.8 Å². The molecule has 2 atom stereocenters. The van der Waals surface area contributed by atoms with Gasteiger partial charge in [-0.05, 0) is 42.2 Å². The van der Waals surface area contributed by atoms with Gasteiger partial charge in [0.15, 0.2) is 0 Å². The molecule has 2 unspecified atom stereocenters. The zero-order valence-electron chi connectivity index (χ0n) is 18.8. The monoisotopic (exact) mass is 444 g/mol. The number of rotatable bonds is 6. The van der Waals surface area contributed by atoms with Crippen LogP contribution in [0.2, 0.25) is 0 Å². The molecule has 0 spiro atoms. The van der Waals surface area contributed by atoms with Gasteiger partial charge in [0.05, 0.1) is 12.3 Å². The van der Waals surface area contributed by atoms with E-state index in [9.17, 15) is 14.0 Å². The lowest BCUT2D eigenvalue weighted by Gasteiger charge is -2.37. The van der Waals surface area contributed by atoms with Crippen LogP contribution in [0.1, 0.15) is 34.6 Å². The Morgan fingerprint density at radius 1 is 0.939 bits per heavy atom. The van der Waals surface area contributed by atoms with Crippen molar-refractivity contribution in [1.82, 2.24) is 10.2 Å². The van der Waals surface area contributed by atoms with Gasteiger partial charge in [-0.1, -0.05) is 72.3 Å². The summed E-state index contributed by atoms with van der Waals surface area (Å²) in [5, 5.41) is 2.94. The molecule has 4 nitrogen and oxygen atoms in total. The Balaban J connectivity index is 1.49. The highest BCUT2D eigenvalue weighted by atomic mass is 19.1. The molecular formula is C28H29FN2O2. The van der Waals surface area contributed by atoms with Gasteiger partial charge >= 0.3 is 0 Å². The van der Waals surface area contributed by atoms with E-state index in [0.29, 0.717) is 31.5 Å². The quantitative estimate of drug-likeness (QED) is 0.603. The van der Waals surface area contributed by atoms with Gasteiger partial charge < -0.3 is 10.2 Å². The van der Waals surface area contributed by atoms with E-state index in [1.54, 1.807) is 12.1 Å². The standard InChI is InChI=1S/C28H29FN2O2/c1-20-7-5-11-23(13-20)24-16-25(28(33)30-17-22-10-6-12-26(29)14-22)19-31(18-24)27(32)15-21-8-3-2-4-9-21/h2-14,24-25H,15-19H2,1H3,(H,30,33). The van der Waals surface area contributed by atoms with Crippen molar-refractivity contribution in [2.24, 2.45) is 5.92 Å². The molecule has 0 saturated carbocycles. The number of carbonyl (C=O) groups is 2. The smallest absolute Gasteiger partial charge is 0.227 e. The Bertz CT molecular complexity index is 1120. The molecule has 170 valence electrons. The number of hydrogen-bond donors (Lipinski definition) is 1. The average molecular weight is 445 g/mol. The molecular weight excluding hydrogens is 415 g/mol. The van der Waals surface area contributed by atoms with Crippen LogP contribution in [0.4, 0.5) is 4.39 Å². The number of likely N-dealkylation sites (tertiary alicyclic amines) is 1. The number of nitrogens with one attached hydrogen (secondary N) is 1. The Kier molecular flexibility index (Phi) is 7.18. The second-order valence-corrected chi connectivity index (χ2v) is 8.85. The first kappa shape index (κ1) is 22.7. The van der Waals surface area contributed by atoms with Crippen LogP contribution in [0.3, 0.4) is 0 Å². The Morgan fingerprint density at radius 3 is 2.45 bits per heavy atom. The van der Waals surface area contributed by atoms with Crippen LogP contribution in [0.15, 0.2) is 78.9 Å². The summed E-state index contributed by atoms with van der Waals surface area (Å²) in [6.07, 6.45) is 0.993. The zero-order chi connectivity index (χ0) is 23.2. The molecule has 1 aliphatic heterocycles. The Morgan fingerprint density at radius 2 is 1.70 bits per heavy atom. The second kappa shape index (κ2) is 10.4. The summed E-state index contributed by atoms with van der Waals surface area (Å²) in [7, 11) is 0. The first-order valence-corrected chi connectivity index (χ1v) is 11.4. The average Bonchev–Trinajstić information content (AvgIpc) is 2.83. The maximum atomic E-state index is 13.5. The lowest BCUT2D eigenvalue weighted by Crippen LogP contribution is -2.48. The number of amides is 2. The molecule has 0 bridgehead atoms. The lowest BCUT2D eigenvalue weighted by atomic mass is 9.83. The van der Waals surface area contributed by atoms with Gasteiger partial charge in [0, 0.05) is 25.6 Å². The third kappa shape index (κ3) is 6.07. The van der Waals surface area contributed by atoms with E-state index in [1.165, 1.54) is 12.1 Å². The van der Waals surface area contributed by atoms with E-state index in [2.05, 4.69) is 17.4 Å². The largest absolute Gasteiger partial charge is 0.352 e. The third-order valence-electron chi connectivity index (χ3n) is 6.24. The van der Waals surface area contributed by atoms with Crippen LogP contribution < -0.4 is 5.32 Å². The number of carbonyl (C=O) groups excluding carboxylic acids is 2. The molecule has 0 aromatic heterocycles. The van der Waals surface area contributed by atoms with Gasteiger partial charge in [-0.15, -0.1) is 0 Å². The number of nitrogens with zero attached hydrogens (tertiary/aromatic N) is 1. The van der Waals surface area contributed by atoms with Crippen molar-refractivity contribution in [2.45, 2.75) is 32.2 Å². The fraction of sp³-hybridized carbons (Fsp3) is 0.286. The van der Waals surface area contributed by atoms with Crippen LogP contribution in [-0.2, 0) is 22.6 Å². The van der Waals surface area contributed by atoms with E-state index in [4.69, 9.17) is 0 Å². The van der Waals surface area contributed by atoms with Crippen molar-refractivity contribution in [3.05, 3.63) is 107 Å². The molecule has 2 amide bonds. The summed E-state index contributed by atoms with van der Waals surface area (Å²) in [5.41, 5.74) is 3.99. The maximum Gasteiger partial charge on any atom is 0.227 e. The summed E-state index contributed by atoms with van der Waals surface area (Å²) < 4.78 is 13.5. The molecule has 1 aliphatic rings. The van der Waals surface area contributed by atoms with E-state index < -0.39 is 0 Å². The lowest BCUT2D eigenvalue weighted by molar-refractivity contribution is -0.135. The zero-order valence-corrected chi connectivity index (χ0v) is 18.8. The molecule has 5 heteroatoms. The number of aryl methyl sites for hydroxylation is 1. The molecule has 1 heterocycles. The minimum absolute atomic E-state index is 0.0292. The van der Waals surface area contributed by atoms with Gasteiger partial charge in [-0.2, -0.15) is 0 Å². The highest BCUT2D eigenvalue weighted by molar-refractivity contribution is 5.82. The normalized spacial score (nSPS) is 18.1. The number of hydrogen-bond acceptors (Lipinski definition) is 2. The summed E-state index contributed by atoms with van der Waals surface area (Å²) in [4.78, 5) is 28.1. The summed E-state index contributed by atoms with van der Waals surface area (Å²) in [5.74, 6) is -0.631. The highest BCUT2D eigenvalue weighted by Gasteiger charge is 2.34. The van der Waals surface area contributed by atoms with Crippen LogP contribution in [0.25, 0.3) is 0 Å². The molecule has 4 rings (SSSR count). The Labute approximate surface area is 194 Å². The molecule has 3 aromatic carbocycles. The van der Waals surface area contributed by atoms with Crippen LogP contribution in [0.5, 0.6) is 0 Å². The molecule has 0 aliphatic carbocycles. The van der Waals surface area contributed by atoms with Crippen molar-refractivity contribution in [1.29, 1.82) is 0 Å². The first-order chi connectivity index (χ1) is 16.0. The number of benzene rings is 3. The SMILES string of the molecule is Cc1cccc(C2CC(C(=O)NCc3cccc(F)c3)CN(C(=O)Cc3ccccc3)C2)c1. The van der Waals surface area contributed by atoms with Crippen LogP contribution >= 0.6 is 0 Å². The summed E-state index contributed by atoms with van der Waals surface area (Å²) >= 11 is 0. The highest BCUT2D eigenvalue weighted by Crippen LogP contribution is 2.31. The summed E-state index contributed by atoms with van der Waals surface area (Å²) in [6.45, 7) is 3.31. The first-order valence-electron chi connectivity index (χ1n) is 11.4. The fourth-order valence-corrected chi connectivity index (χ4v) is 4.52. The topological polar surface area (TPSA) is 49.4 Å². The van der Waals surface area contributed by atoms with E-state index in [1.807, 2.05) is 54.3 Å². The van der Waals surface area contributed by atoms with Crippen molar-refractivity contribution < 1.29 is 14.0 Å². The molecule has 33 heavy (non-hydrogen) atoms. The van der Waals surface area contributed by atoms with Gasteiger partial charge in [-0.3, -0.25) is 9.59 Å². The molecule has 1 N–H and O–H groups in total. The van der Waals surface area contributed by atoms with E-state index >= 15 is 0 Å². The van der Waals surface area contributed by atoms with E-state index in [-0.39, 0.29) is 36.0 Å². The minimum Gasteiger partial charge on any atom is -0.352 e. The van der Waals surface area contributed by atoms with Crippen molar-refractivity contribution in [3.63, 3.8) is 0 Å². The van der Waals surface area contributed by atoms with Crippen molar-refractivity contribution in [2.75, 3.05) is 13.1 Å². The maximum absolute atomic E-state index is 13.5. The fourth-order valence-electron chi connectivity index (χ4n) is 4.52. The van der Waals surface area contributed by atoms with Crippen LogP contribution in [-0.4, -0.2) is 29.8 Å². The number of halogens is 1. The predicted octanol–water partition coefficient (Wildman–Crippen LogP) is 4.63. The van der Waals surface area contributed by atoms with E-state index in [0.717, 1.165) is 16.7 Å². The van der Waals surface area contributed by atoms with Gasteiger partial charge in [0.25, 0.3) is 0 Å². The van der Waals surface area contributed by atoms with Crippen molar-refractivity contribution >= 4 is 11.8 Å². The molecule has 0 radical (unpaired) electrons. The summed E-state index contributed by atoms with van der Waals surface area (Å²) in [6, 6.07) is 24.2. The number of piperidine rings is 1. The van der Waals surface area contributed by atoms with Gasteiger partial charge in [-0.25, -0.2) is 4.39 Å². The van der Waals surface area contributed by atoms with Crippen LogP contribution in [0, 0.1) is 18.7 Å². The molecule has 1 saturated heterocycles. The molecule has 1 fully saturated rings. The molecule has 3 aromatic rings. The predicted molar refractivity (Wildman–Crippen MR) is 127 cm³/mol. The Hall–Kier alpha value is -3.47. The van der Waals surface area contributed by atoms with Crippen molar-refractivity contribution in [3.8, 4) is 0 Å².